The molecule has 0 saturated heterocycles. The second-order valence-electron chi connectivity index (χ2n) is 6.18. The maximum Gasteiger partial charge on any atom is 0.0589 e. The van der Waals surface area contributed by atoms with Crippen molar-refractivity contribution in [1.29, 1.82) is 0 Å². The lowest BCUT2D eigenvalue weighted by Gasteiger charge is -2.42. The Kier molecular flexibility index (Phi) is 5.90. The standard InChI is InChI=1S/C14H30N2O/c1-12(2)10-16(7-8-17-4)14(3,11-15)9-13-5-6-13/h12-13H,5-11,15H2,1-4H3. The van der Waals surface area contributed by atoms with Crippen molar-refractivity contribution in [2.75, 3.05) is 33.4 Å². The number of ether oxygens (including phenoxy) is 1. The molecule has 0 radical (unpaired) electrons. The van der Waals surface area contributed by atoms with Crippen molar-refractivity contribution in [3.63, 3.8) is 0 Å². The van der Waals surface area contributed by atoms with Gasteiger partial charge in [-0.1, -0.05) is 26.7 Å². The van der Waals surface area contributed by atoms with Crippen LogP contribution < -0.4 is 5.73 Å². The van der Waals surface area contributed by atoms with Gasteiger partial charge in [-0.2, -0.15) is 0 Å². The van der Waals surface area contributed by atoms with Gasteiger partial charge in [-0.25, -0.2) is 0 Å². The summed E-state index contributed by atoms with van der Waals surface area (Å²) in [5.74, 6) is 1.60. The summed E-state index contributed by atoms with van der Waals surface area (Å²) in [7, 11) is 1.77. The molecule has 1 saturated carbocycles. The Morgan fingerprint density at radius 3 is 2.47 bits per heavy atom. The van der Waals surface area contributed by atoms with Crippen LogP contribution in [0.1, 0.15) is 40.0 Å². The number of hydrogen-bond acceptors (Lipinski definition) is 3. The van der Waals surface area contributed by atoms with Crippen LogP contribution >= 0.6 is 0 Å². The van der Waals surface area contributed by atoms with E-state index in [9.17, 15) is 0 Å². The van der Waals surface area contributed by atoms with Gasteiger partial charge in [0.25, 0.3) is 0 Å². The topological polar surface area (TPSA) is 38.5 Å². The van der Waals surface area contributed by atoms with Gasteiger partial charge in [0, 0.05) is 32.3 Å². The second kappa shape index (κ2) is 6.72. The minimum atomic E-state index is 0.157. The first-order valence-electron chi connectivity index (χ1n) is 6.96. The third-order valence-corrected chi connectivity index (χ3v) is 3.78. The van der Waals surface area contributed by atoms with E-state index in [0.29, 0.717) is 5.92 Å². The Hall–Kier alpha value is -0.120. The molecule has 1 aliphatic carbocycles. The van der Waals surface area contributed by atoms with Crippen LogP contribution in [0.15, 0.2) is 0 Å². The van der Waals surface area contributed by atoms with Crippen LogP contribution in [-0.4, -0.2) is 43.8 Å². The van der Waals surface area contributed by atoms with Gasteiger partial charge in [-0.15, -0.1) is 0 Å². The molecule has 1 rings (SSSR count). The van der Waals surface area contributed by atoms with Crippen molar-refractivity contribution < 1.29 is 4.74 Å². The molecule has 1 unspecified atom stereocenters. The van der Waals surface area contributed by atoms with Crippen molar-refractivity contribution in [3.05, 3.63) is 0 Å². The molecule has 0 spiro atoms. The van der Waals surface area contributed by atoms with Gasteiger partial charge in [-0.3, -0.25) is 4.90 Å². The molecule has 102 valence electrons. The normalized spacial score (nSPS) is 19.9. The van der Waals surface area contributed by atoms with Gasteiger partial charge in [0.15, 0.2) is 0 Å². The molecule has 0 amide bonds. The van der Waals surface area contributed by atoms with Gasteiger partial charge in [0.05, 0.1) is 6.61 Å². The van der Waals surface area contributed by atoms with Crippen molar-refractivity contribution in [3.8, 4) is 0 Å². The zero-order valence-corrected chi connectivity index (χ0v) is 12.0. The van der Waals surface area contributed by atoms with Crippen LogP contribution in [0.2, 0.25) is 0 Å². The first-order chi connectivity index (χ1) is 8.01. The van der Waals surface area contributed by atoms with Crippen molar-refractivity contribution in [2.45, 2.75) is 45.6 Å². The van der Waals surface area contributed by atoms with Crippen LogP contribution in [0.4, 0.5) is 0 Å². The van der Waals surface area contributed by atoms with E-state index in [1.807, 2.05) is 0 Å². The van der Waals surface area contributed by atoms with Crippen molar-refractivity contribution in [2.24, 2.45) is 17.6 Å². The second-order valence-corrected chi connectivity index (χ2v) is 6.18. The van der Waals surface area contributed by atoms with Gasteiger partial charge < -0.3 is 10.5 Å². The summed E-state index contributed by atoms with van der Waals surface area (Å²) in [4.78, 5) is 2.54. The highest BCUT2D eigenvalue weighted by Crippen LogP contribution is 2.38. The zero-order valence-electron chi connectivity index (χ0n) is 12.0. The number of hydrogen-bond donors (Lipinski definition) is 1. The molecule has 0 aromatic rings. The molecule has 3 nitrogen and oxygen atoms in total. The molecular weight excluding hydrogens is 212 g/mol. The van der Waals surface area contributed by atoms with E-state index in [2.05, 4.69) is 25.7 Å². The van der Waals surface area contributed by atoms with Gasteiger partial charge >= 0.3 is 0 Å². The molecule has 1 aliphatic rings. The number of methoxy groups -OCH3 is 1. The molecular formula is C14H30N2O. The van der Waals surface area contributed by atoms with Gasteiger partial charge in [0.2, 0.25) is 0 Å². The summed E-state index contributed by atoms with van der Waals surface area (Å²) in [6.45, 7) is 10.5. The quantitative estimate of drug-likeness (QED) is 0.673. The van der Waals surface area contributed by atoms with Crippen molar-refractivity contribution in [1.82, 2.24) is 4.90 Å². The monoisotopic (exact) mass is 242 g/mol. The van der Waals surface area contributed by atoms with Gasteiger partial charge in [0.1, 0.15) is 0 Å². The third-order valence-electron chi connectivity index (χ3n) is 3.78. The highest BCUT2D eigenvalue weighted by atomic mass is 16.5. The molecule has 0 heterocycles. The Morgan fingerprint density at radius 2 is 2.06 bits per heavy atom. The lowest BCUT2D eigenvalue weighted by Crippen LogP contribution is -2.54. The van der Waals surface area contributed by atoms with Crippen LogP contribution in [0, 0.1) is 11.8 Å². The lowest BCUT2D eigenvalue weighted by molar-refractivity contribution is 0.0517. The molecule has 1 fully saturated rings. The molecule has 17 heavy (non-hydrogen) atoms. The minimum Gasteiger partial charge on any atom is -0.383 e. The summed E-state index contributed by atoms with van der Waals surface area (Å²) >= 11 is 0. The summed E-state index contributed by atoms with van der Waals surface area (Å²) in [5.41, 5.74) is 6.21. The SMILES string of the molecule is COCCN(CC(C)C)C(C)(CN)CC1CC1. The van der Waals surface area contributed by atoms with E-state index in [4.69, 9.17) is 10.5 Å². The highest BCUT2D eigenvalue weighted by molar-refractivity contribution is 4.93. The summed E-state index contributed by atoms with van der Waals surface area (Å²) in [6, 6.07) is 0. The summed E-state index contributed by atoms with van der Waals surface area (Å²) in [6.07, 6.45) is 4.05. The molecule has 0 bridgehead atoms. The minimum absolute atomic E-state index is 0.157. The van der Waals surface area contributed by atoms with Crippen LogP contribution in [0.25, 0.3) is 0 Å². The highest BCUT2D eigenvalue weighted by Gasteiger charge is 2.36. The lowest BCUT2D eigenvalue weighted by atomic mass is 9.91. The molecule has 2 N–H and O–H groups in total. The van der Waals surface area contributed by atoms with Crippen LogP contribution in [0.5, 0.6) is 0 Å². The van der Waals surface area contributed by atoms with E-state index in [-0.39, 0.29) is 5.54 Å². The predicted octanol–water partition coefficient (Wildman–Crippen LogP) is 2.11. The Morgan fingerprint density at radius 1 is 1.41 bits per heavy atom. The fourth-order valence-corrected chi connectivity index (χ4v) is 2.51. The average molecular weight is 242 g/mol. The molecule has 3 heteroatoms. The predicted molar refractivity (Wildman–Crippen MR) is 73.1 cm³/mol. The first kappa shape index (κ1) is 14.9. The van der Waals surface area contributed by atoms with E-state index in [0.717, 1.165) is 32.2 Å². The summed E-state index contributed by atoms with van der Waals surface area (Å²) < 4.78 is 5.23. The first-order valence-corrected chi connectivity index (χ1v) is 6.96. The Bertz CT molecular complexity index is 216. The van der Waals surface area contributed by atoms with E-state index in [1.165, 1.54) is 19.3 Å². The molecule has 0 aliphatic heterocycles. The van der Waals surface area contributed by atoms with Crippen LogP contribution in [0.3, 0.4) is 0 Å². The fourth-order valence-electron chi connectivity index (χ4n) is 2.51. The van der Waals surface area contributed by atoms with Gasteiger partial charge in [-0.05, 0) is 25.2 Å². The fraction of sp³-hybridized carbons (Fsp3) is 1.00. The average Bonchev–Trinajstić information content (AvgIpc) is 3.07. The molecule has 0 aromatic carbocycles. The summed E-state index contributed by atoms with van der Waals surface area (Å²) in [5, 5.41) is 0. The van der Waals surface area contributed by atoms with Crippen molar-refractivity contribution >= 4 is 0 Å². The maximum atomic E-state index is 6.05. The Labute approximate surface area is 107 Å². The third kappa shape index (κ3) is 4.94. The Balaban J connectivity index is 2.60. The zero-order chi connectivity index (χ0) is 12.9. The van der Waals surface area contributed by atoms with E-state index in [1.54, 1.807) is 7.11 Å². The number of rotatable bonds is 9. The van der Waals surface area contributed by atoms with E-state index < -0.39 is 0 Å². The smallest absolute Gasteiger partial charge is 0.0589 e. The van der Waals surface area contributed by atoms with Crippen LogP contribution in [-0.2, 0) is 4.74 Å². The largest absolute Gasteiger partial charge is 0.383 e. The maximum absolute atomic E-state index is 6.05. The molecule has 1 atom stereocenters. The number of nitrogens with two attached hydrogens (primary N) is 1. The number of nitrogens with zero attached hydrogens (tertiary/aromatic N) is 1. The van der Waals surface area contributed by atoms with E-state index >= 15 is 0 Å². The molecule has 0 aromatic heterocycles.